The molecule has 2 aliphatic rings. The number of benzene rings is 1. The molecule has 3 aromatic rings. The van der Waals surface area contributed by atoms with Crippen LogP contribution in [0.25, 0.3) is 5.65 Å². The van der Waals surface area contributed by atoms with Crippen molar-refractivity contribution in [2.24, 2.45) is 0 Å². The Morgan fingerprint density at radius 2 is 1.76 bits per heavy atom. The number of hydrogen-bond acceptors (Lipinski definition) is 5. The van der Waals surface area contributed by atoms with Crippen molar-refractivity contribution < 1.29 is 14.3 Å². The summed E-state index contributed by atoms with van der Waals surface area (Å²) in [5.74, 6) is 1.33. The molecule has 4 heterocycles. The van der Waals surface area contributed by atoms with E-state index in [0.717, 1.165) is 31.0 Å². The molecule has 1 amide bonds. The van der Waals surface area contributed by atoms with Crippen LogP contribution in [0.4, 0.5) is 0 Å². The molecule has 29 heavy (non-hydrogen) atoms. The SMILES string of the molecule is CC1Oc2ccccc2OC1C(=O)N1CCN(Cc2cnc3ccccn23)CC1. The Balaban J connectivity index is 1.21. The van der Waals surface area contributed by atoms with Gasteiger partial charge in [0.1, 0.15) is 11.8 Å². The molecule has 7 heteroatoms. The number of rotatable bonds is 3. The number of nitrogens with zero attached hydrogens (tertiary/aromatic N) is 4. The van der Waals surface area contributed by atoms with E-state index in [-0.39, 0.29) is 12.0 Å². The Kier molecular flexibility index (Phi) is 4.60. The lowest BCUT2D eigenvalue weighted by molar-refractivity contribution is -0.146. The highest BCUT2D eigenvalue weighted by Crippen LogP contribution is 2.34. The number of hydrogen-bond donors (Lipinski definition) is 0. The van der Waals surface area contributed by atoms with Crippen molar-refractivity contribution in [1.29, 1.82) is 0 Å². The van der Waals surface area contributed by atoms with Crippen LogP contribution in [0.15, 0.2) is 54.9 Å². The lowest BCUT2D eigenvalue weighted by Gasteiger charge is -2.38. The standard InChI is InChI=1S/C22H24N4O3/c1-16-21(29-19-7-3-2-6-18(19)28-16)22(27)25-12-10-24(11-13-25)15-17-14-23-20-8-4-5-9-26(17)20/h2-9,14,16,21H,10-13,15H2,1H3. The van der Waals surface area contributed by atoms with E-state index in [0.29, 0.717) is 24.6 Å². The summed E-state index contributed by atoms with van der Waals surface area (Å²) < 4.78 is 14.0. The second-order valence-corrected chi connectivity index (χ2v) is 7.59. The van der Waals surface area contributed by atoms with Gasteiger partial charge >= 0.3 is 0 Å². The van der Waals surface area contributed by atoms with Crippen LogP contribution in [0.5, 0.6) is 11.5 Å². The first-order valence-electron chi connectivity index (χ1n) is 10.0. The fourth-order valence-electron chi connectivity index (χ4n) is 4.03. The molecule has 5 rings (SSSR count). The molecule has 0 spiro atoms. The Labute approximate surface area is 169 Å². The van der Waals surface area contributed by atoms with Crippen molar-refractivity contribution in [1.82, 2.24) is 19.2 Å². The van der Waals surface area contributed by atoms with Crippen LogP contribution in [0.1, 0.15) is 12.6 Å². The minimum atomic E-state index is -0.602. The zero-order chi connectivity index (χ0) is 19.8. The summed E-state index contributed by atoms with van der Waals surface area (Å²) in [6.45, 7) is 5.72. The Morgan fingerprint density at radius 3 is 2.55 bits per heavy atom. The van der Waals surface area contributed by atoms with Gasteiger partial charge in [-0.3, -0.25) is 9.69 Å². The third-order valence-corrected chi connectivity index (χ3v) is 5.65. The number of carbonyl (C=O) groups excluding carboxylic acids is 1. The molecule has 1 aromatic carbocycles. The lowest BCUT2D eigenvalue weighted by atomic mass is 10.1. The van der Waals surface area contributed by atoms with Gasteiger partial charge in [-0.25, -0.2) is 4.98 Å². The molecular formula is C22H24N4O3. The number of fused-ring (bicyclic) bond motifs is 2. The third-order valence-electron chi connectivity index (χ3n) is 5.65. The first kappa shape index (κ1) is 18.0. The molecule has 0 aliphatic carbocycles. The van der Waals surface area contributed by atoms with E-state index in [9.17, 15) is 4.79 Å². The molecule has 0 N–H and O–H groups in total. The van der Waals surface area contributed by atoms with Crippen LogP contribution in [0.2, 0.25) is 0 Å². The molecule has 2 unspecified atom stereocenters. The van der Waals surface area contributed by atoms with Crippen molar-refractivity contribution >= 4 is 11.6 Å². The van der Waals surface area contributed by atoms with Gasteiger partial charge in [0.25, 0.3) is 5.91 Å². The van der Waals surface area contributed by atoms with Crippen LogP contribution >= 0.6 is 0 Å². The summed E-state index contributed by atoms with van der Waals surface area (Å²) in [5.41, 5.74) is 2.12. The summed E-state index contributed by atoms with van der Waals surface area (Å²) in [6, 6.07) is 13.5. The van der Waals surface area contributed by atoms with Crippen molar-refractivity contribution in [3.05, 3.63) is 60.6 Å². The maximum absolute atomic E-state index is 13.1. The summed E-state index contributed by atoms with van der Waals surface area (Å²) in [4.78, 5) is 21.8. The van der Waals surface area contributed by atoms with Gasteiger partial charge in [0, 0.05) is 38.9 Å². The molecule has 7 nitrogen and oxygen atoms in total. The molecule has 2 aromatic heterocycles. The van der Waals surface area contributed by atoms with Crippen LogP contribution in [0.3, 0.4) is 0 Å². The maximum atomic E-state index is 13.1. The van der Waals surface area contributed by atoms with Crippen LogP contribution in [0, 0.1) is 0 Å². The Bertz CT molecular complexity index is 1030. The molecule has 1 saturated heterocycles. The average molecular weight is 392 g/mol. The van der Waals surface area contributed by atoms with Crippen molar-refractivity contribution in [3.63, 3.8) is 0 Å². The smallest absolute Gasteiger partial charge is 0.267 e. The van der Waals surface area contributed by atoms with E-state index < -0.39 is 6.10 Å². The minimum absolute atomic E-state index is 0.00135. The van der Waals surface area contributed by atoms with Gasteiger partial charge in [0.05, 0.1) is 11.9 Å². The number of amides is 1. The number of imidazole rings is 1. The number of piperazine rings is 1. The largest absolute Gasteiger partial charge is 0.482 e. The fraction of sp³-hybridized carbons (Fsp3) is 0.364. The molecule has 0 radical (unpaired) electrons. The van der Waals surface area contributed by atoms with Gasteiger partial charge in [-0.15, -0.1) is 0 Å². The average Bonchev–Trinajstić information content (AvgIpc) is 3.16. The Morgan fingerprint density at radius 1 is 1.03 bits per heavy atom. The number of para-hydroxylation sites is 2. The third kappa shape index (κ3) is 3.42. The summed E-state index contributed by atoms with van der Waals surface area (Å²) >= 11 is 0. The zero-order valence-corrected chi connectivity index (χ0v) is 16.4. The highest BCUT2D eigenvalue weighted by Gasteiger charge is 2.37. The minimum Gasteiger partial charge on any atom is -0.482 e. The van der Waals surface area contributed by atoms with E-state index in [1.165, 1.54) is 0 Å². The van der Waals surface area contributed by atoms with Crippen LogP contribution in [-0.2, 0) is 11.3 Å². The van der Waals surface area contributed by atoms with Crippen LogP contribution in [-0.4, -0.2) is 63.5 Å². The number of ether oxygens (including phenoxy) is 2. The lowest BCUT2D eigenvalue weighted by Crippen LogP contribution is -2.55. The molecular weight excluding hydrogens is 368 g/mol. The van der Waals surface area contributed by atoms with E-state index in [1.54, 1.807) is 0 Å². The number of pyridine rings is 1. The first-order chi connectivity index (χ1) is 14.2. The molecule has 150 valence electrons. The first-order valence-corrected chi connectivity index (χ1v) is 10.0. The van der Waals surface area contributed by atoms with Gasteiger partial charge < -0.3 is 18.8 Å². The molecule has 0 bridgehead atoms. The van der Waals surface area contributed by atoms with Crippen molar-refractivity contribution in [2.45, 2.75) is 25.7 Å². The van der Waals surface area contributed by atoms with E-state index in [2.05, 4.69) is 14.3 Å². The topological polar surface area (TPSA) is 59.3 Å². The van der Waals surface area contributed by atoms with E-state index >= 15 is 0 Å². The molecule has 1 fully saturated rings. The van der Waals surface area contributed by atoms with Crippen molar-refractivity contribution in [3.8, 4) is 11.5 Å². The number of carbonyl (C=O) groups is 1. The molecule has 0 saturated carbocycles. The van der Waals surface area contributed by atoms with Crippen LogP contribution < -0.4 is 9.47 Å². The highest BCUT2D eigenvalue weighted by molar-refractivity contribution is 5.82. The maximum Gasteiger partial charge on any atom is 0.267 e. The van der Waals surface area contributed by atoms with Gasteiger partial charge in [0.2, 0.25) is 6.10 Å². The normalized spacial score (nSPS) is 22.0. The molecule has 2 atom stereocenters. The Hall–Kier alpha value is -3.06. The molecule has 2 aliphatic heterocycles. The number of aromatic nitrogens is 2. The quantitative estimate of drug-likeness (QED) is 0.684. The van der Waals surface area contributed by atoms with E-state index in [4.69, 9.17) is 9.47 Å². The van der Waals surface area contributed by atoms with Gasteiger partial charge in [-0.2, -0.15) is 0 Å². The second kappa shape index (κ2) is 7.40. The van der Waals surface area contributed by atoms with E-state index in [1.807, 2.05) is 66.7 Å². The predicted molar refractivity (Wildman–Crippen MR) is 108 cm³/mol. The predicted octanol–water partition coefficient (Wildman–Crippen LogP) is 2.21. The summed E-state index contributed by atoms with van der Waals surface area (Å²) in [7, 11) is 0. The second-order valence-electron chi connectivity index (χ2n) is 7.59. The zero-order valence-electron chi connectivity index (χ0n) is 16.4. The van der Waals surface area contributed by atoms with Crippen molar-refractivity contribution in [2.75, 3.05) is 26.2 Å². The fourth-order valence-corrected chi connectivity index (χ4v) is 4.03. The van der Waals surface area contributed by atoms with Gasteiger partial charge in [-0.05, 0) is 31.2 Å². The van der Waals surface area contributed by atoms with Gasteiger partial charge in [-0.1, -0.05) is 18.2 Å². The summed E-state index contributed by atoms with van der Waals surface area (Å²) in [5, 5.41) is 0. The van der Waals surface area contributed by atoms with Gasteiger partial charge in [0.15, 0.2) is 11.5 Å². The highest BCUT2D eigenvalue weighted by atomic mass is 16.6. The monoisotopic (exact) mass is 392 g/mol. The summed E-state index contributed by atoms with van der Waals surface area (Å²) in [6.07, 6.45) is 3.06.